The van der Waals surface area contributed by atoms with Crippen LogP contribution in [0.4, 0.5) is 0 Å². The van der Waals surface area contributed by atoms with E-state index >= 15 is 0 Å². The highest BCUT2D eigenvalue weighted by molar-refractivity contribution is 7.85. The Morgan fingerprint density at radius 3 is 2.17 bits per heavy atom. The second kappa shape index (κ2) is 8.57. The lowest BCUT2D eigenvalue weighted by molar-refractivity contribution is -0.149. The zero-order chi connectivity index (χ0) is 21.9. The van der Waals surface area contributed by atoms with Gasteiger partial charge in [0.15, 0.2) is 6.10 Å². The van der Waals surface area contributed by atoms with Crippen molar-refractivity contribution in [1.29, 1.82) is 0 Å². The van der Waals surface area contributed by atoms with E-state index in [2.05, 4.69) is 4.18 Å². The van der Waals surface area contributed by atoms with Crippen LogP contribution < -0.4 is 10.4 Å². The van der Waals surface area contributed by atoms with Gasteiger partial charge in [-0.15, -0.1) is 0 Å². The van der Waals surface area contributed by atoms with E-state index in [0.29, 0.717) is 0 Å². The first-order chi connectivity index (χ1) is 13.4. The number of carbonyl (C=O) groups excluding carboxylic acids is 3. The van der Waals surface area contributed by atoms with E-state index in [1.807, 2.05) is 0 Å². The minimum atomic E-state index is -3.78. The maximum absolute atomic E-state index is 12.5. The van der Waals surface area contributed by atoms with Crippen LogP contribution in [-0.4, -0.2) is 60.9 Å². The molecule has 0 aliphatic heterocycles. The van der Waals surface area contributed by atoms with Gasteiger partial charge in [0.05, 0.1) is 11.8 Å². The molecule has 158 valence electrons. The van der Waals surface area contributed by atoms with Crippen LogP contribution in [0, 0.1) is 0 Å². The van der Waals surface area contributed by atoms with Crippen molar-refractivity contribution in [1.82, 2.24) is 9.13 Å². The lowest BCUT2D eigenvalue weighted by Gasteiger charge is -2.17. The first-order valence-electron chi connectivity index (χ1n) is 8.35. The number of nitrogens with zero attached hydrogens (tertiary/aromatic N) is 2. The van der Waals surface area contributed by atoms with Crippen molar-refractivity contribution in [2.24, 2.45) is 0 Å². The van der Waals surface area contributed by atoms with E-state index in [4.69, 9.17) is 9.47 Å². The summed E-state index contributed by atoms with van der Waals surface area (Å²) < 4.78 is 39.2. The van der Waals surface area contributed by atoms with Crippen molar-refractivity contribution in [3.8, 4) is 5.75 Å². The van der Waals surface area contributed by atoms with E-state index in [9.17, 15) is 27.6 Å². The molecule has 0 aliphatic rings. The number of rotatable bonds is 7. The molecule has 2 aromatic rings. The second-order valence-electron chi connectivity index (χ2n) is 6.15. The third-order valence-electron chi connectivity index (χ3n) is 3.68. The summed E-state index contributed by atoms with van der Waals surface area (Å²) in [5.41, 5.74) is -0.620. The Hall–Kier alpha value is -2.99. The fraction of sp³-hybridized carbons (Fsp3) is 0.412. The monoisotopic (exact) mass is 428 g/mol. The van der Waals surface area contributed by atoms with Crippen molar-refractivity contribution in [2.75, 3.05) is 19.5 Å². The van der Waals surface area contributed by atoms with Gasteiger partial charge in [-0.2, -0.15) is 8.42 Å². The summed E-state index contributed by atoms with van der Waals surface area (Å²) in [6, 6.07) is 4.43. The number of carbonyl (C=O) groups is 3. The van der Waals surface area contributed by atoms with E-state index in [-0.39, 0.29) is 23.4 Å². The summed E-state index contributed by atoms with van der Waals surface area (Å²) in [5.74, 6) is -1.84. The van der Waals surface area contributed by atoms with Gasteiger partial charge in [-0.3, -0.25) is 18.6 Å². The zero-order valence-electron chi connectivity index (χ0n) is 16.2. The first-order valence-corrected chi connectivity index (χ1v) is 10.2. The predicted molar refractivity (Wildman–Crippen MR) is 101 cm³/mol. The van der Waals surface area contributed by atoms with Crippen LogP contribution in [0.15, 0.2) is 23.0 Å². The van der Waals surface area contributed by atoms with Gasteiger partial charge in [-0.1, -0.05) is 6.07 Å². The summed E-state index contributed by atoms with van der Waals surface area (Å²) in [6.07, 6.45) is -0.236. The quantitative estimate of drug-likeness (QED) is 0.453. The van der Waals surface area contributed by atoms with Gasteiger partial charge in [0.25, 0.3) is 10.1 Å². The molecule has 11 nitrogen and oxygen atoms in total. The summed E-state index contributed by atoms with van der Waals surface area (Å²) in [6.45, 7) is 2.66. The fourth-order valence-corrected chi connectivity index (χ4v) is 3.06. The van der Waals surface area contributed by atoms with Crippen molar-refractivity contribution in [3.05, 3.63) is 28.7 Å². The SMILES string of the molecule is CC(=O)O[C@H](COc1cccc2c1n(C(C)=O)c(=O)n2C(C)=O)COS(C)(=O)=O. The lowest BCUT2D eigenvalue weighted by atomic mass is 10.2. The Kier molecular flexibility index (Phi) is 6.59. The molecule has 0 radical (unpaired) electrons. The molecule has 0 saturated carbocycles. The number of benzene rings is 1. The van der Waals surface area contributed by atoms with Gasteiger partial charge < -0.3 is 9.47 Å². The first kappa shape index (κ1) is 22.3. The van der Waals surface area contributed by atoms with Crippen LogP contribution in [-0.2, 0) is 23.8 Å². The number of fused-ring (bicyclic) bond motifs is 1. The summed E-state index contributed by atoms with van der Waals surface area (Å²) in [4.78, 5) is 47.6. The Morgan fingerprint density at radius 1 is 1.03 bits per heavy atom. The van der Waals surface area contributed by atoms with E-state index in [1.54, 1.807) is 0 Å². The highest BCUT2D eigenvalue weighted by Crippen LogP contribution is 2.25. The molecule has 1 aromatic heterocycles. The normalized spacial score (nSPS) is 12.6. The predicted octanol–water partition coefficient (Wildman–Crippen LogP) is 0.410. The number of ether oxygens (including phenoxy) is 2. The number of para-hydroxylation sites is 1. The highest BCUT2D eigenvalue weighted by Gasteiger charge is 2.23. The Balaban J connectivity index is 2.44. The molecule has 0 saturated heterocycles. The molecule has 0 fully saturated rings. The minimum absolute atomic E-state index is 0.0609. The molecule has 1 heterocycles. The third kappa shape index (κ3) is 5.29. The van der Waals surface area contributed by atoms with Crippen LogP contribution in [0.25, 0.3) is 11.0 Å². The standard InChI is InChI=1S/C17H20N2O9S/c1-10(20)18-14-6-5-7-15(16(14)19(11(2)21)17(18)23)26-8-13(28-12(3)22)9-27-29(4,24)25/h5-7,13H,8-9H2,1-4H3/t13-/m1/s1. The average Bonchev–Trinajstić information content (AvgIpc) is 2.88. The third-order valence-corrected chi connectivity index (χ3v) is 4.24. The van der Waals surface area contributed by atoms with Gasteiger partial charge in [0.2, 0.25) is 11.8 Å². The molecular weight excluding hydrogens is 408 g/mol. The maximum Gasteiger partial charge on any atom is 0.342 e. The molecule has 2 rings (SSSR count). The van der Waals surface area contributed by atoms with E-state index in [1.165, 1.54) is 25.1 Å². The van der Waals surface area contributed by atoms with Crippen molar-refractivity contribution < 1.29 is 36.5 Å². The van der Waals surface area contributed by atoms with Gasteiger partial charge in [0, 0.05) is 20.8 Å². The lowest BCUT2D eigenvalue weighted by Crippen LogP contribution is -2.31. The number of hydrogen-bond donors (Lipinski definition) is 0. The Bertz CT molecular complexity index is 1130. The second-order valence-corrected chi connectivity index (χ2v) is 7.79. The Labute approximate surface area is 165 Å². The number of aromatic nitrogens is 2. The summed E-state index contributed by atoms with van der Waals surface area (Å²) in [7, 11) is -3.78. The molecule has 29 heavy (non-hydrogen) atoms. The maximum atomic E-state index is 12.5. The van der Waals surface area contributed by atoms with Gasteiger partial charge in [-0.25, -0.2) is 13.9 Å². The van der Waals surface area contributed by atoms with Gasteiger partial charge in [0.1, 0.15) is 24.5 Å². The van der Waals surface area contributed by atoms with E-state index < -0.39 is 46.3 Å². The molecule has 0 unspecified atom stereocenters. The molecule has 0 spiro atoms. The largest absolute Gasteiger partial charge is 0.487 e. The molecule has 0 N–H and O–H groups in total. The molecule has 1 atom stereocenters. The topological polar surface area (TPSA) is 140 Å². The molecule has 0 amide bonds. The zero-order valence-corrected chi connectivity index (χ0v) is 17.0. The summed E-state index contributed by atoms with van der Waals surface area (Å²) >= 11 is 0. The number of esters is 1. The number of hydrogen-bond acceptors (Lipinski definition) is 9. The molecule has 12 heteroatoms. The van der Waals surface area contributed by atoms with Crippen LogP contribution in [0.3, 0.4) is 0 Å². The molecule has 0 aliphatic carbocycles. The van der Waals surface area contributed by atoms with Crippen LogP contribution >= 0.6 is 0 Å². The smallest absolute Gasteiger partial charge is 0.342 e. The number of imidazole rings is 1. The van der Waals surface area contributed by atoms with Crippen LogP contribution in [0.2, 0.25) is 0 Å². The fourth-order valence-electron chi connectivity index (χ4n) is 2.66. The molecule has 0 bridgehead atoms. The molecule has 1 aromatic carbocycles. The van der Waals surface area contributed by atoms with Crippen molar-refractivity contribution >= 4 is 38.9 Å². The van der Waals surface area contributed by atoms with Crippen LogP contribution in [0.1, 0.15) is 30.4 Å². The van der Waals surface area contributed by atoms with Crippen molar-refractivity contribution in [3.63, 3.8) is 0 Å². The van der Waals surface area contributed by atoms with Crippen molar-refractivity contribution in [2.45, 2.75) is 26.9 Å². The molecular formula is C17H20N2O9S. The summed E-state index contributed by atoms with van der Waals surface area (Å²) in [5, 5.41) is 0. The van der Waals surface area contributed by atoms with Crippen LogP contribution in [0.5, 0.6) is 5.75 Å². The Morgan fingerprint density at radius 2 is 1.66 bits per heavy atom. The van der Waals surface area contributed by atoms with Gasteiger partial charge >= 0.3 is 11.7 Å². The average molecular weight is 428 g/mol. The highest BCUT2D eigenvalue weighted by atomic mass is 32.2. The minimum Gasteiger partial charge on any atom is -0.487 e. The van der Waals surface area contributed by atoms with Gasteiger partial charge in [-0.05, 0) is 12.1 Å². The van der Waals surface area contributed by atoms with E-state index in [0.717, 1.165) is 29.2 Å².